The predicted molar refractivity (Wildman–Crippen MR) is 114 cm³/mol. The number of aryl methyl sites for hydroxylation is 1. The van der Waals surface area contributed by atoms with Crippen LogP contribution in [0.5, 0.6) is 0 Å². The van der Waals surface area contributed by atoms with Crippen molar-refractivity contribution in [2.75, 3.05) is 5.32 Å². The Hall–Kier alpha value is -2.97. The molecular formula is C21H16FN3O2S2. The summed E-state index contributed by atoms with van der Waals surface area (Å²) in [5.74, 6) is -0.614. The van der Waals surface area contributed by atoms with Crippen LogP contribution in [-0.2, 0) is 5.75 Å². The molecule has 0 bridgehead atoms. The van der Waals surface area contributed by atoms with Crippen LogP contribution >= 0.6 is 23.1 Å². The number of hydrogen-bond acceptors (Lipinski definition) is 5. The number of thiazole rings is 1. The van der Waals surface area contributed by atoms with Gasteiger partial charge in [0.15, 0.2) is 4.96 Å². The summed E-state index contributed by atoms with van der Waals surface area (Å²) in [5, 5.41) is 4.66. The van der Waals surface area contributed by atoms with Crippen LogP contribution in [0.3, 0.4) is 0 Å². The highest BCUT2D eigenvalue weighted by atomic mass is 32.2. The molecule has 1 N–H and O–H groups in total. The first kappa shape index (κ1) is 19.4. The third-order valence-corrected chi connectivity index (χ3v) is 6.31. The molecule has 0 saturated carbocycles. The number of carbonyl (C=O) groups is 1. The number of amides is 1. The molecular weight excluding hydrogens is 409 g/mol. The molecule has 0 aliphatic rings. The van der Waals surface area contributed by atoms with E-state index in [9.17, 15) is 14.0 Å². The van der Waals surface area contributed by atoms with Crippen molar-refractivity contribution in [3.05, 3.63) is 93.1 Å². The van der Waals surface area contributed by atoms with Gasteiger partial charge in [0.25, 0.3) is 11.5 Å². The molecule has 0 aliphatic heterocycles. The first-order valence-electron chi connectivity index (χ1n) is 8.77. The second-order valence-corrected chi connectivity index (χ2v) is 8.15. The molecule has 0 aliphatic carbocycles. The van der Waals surface area contributed by atoms with Crippen molar-refractivity contribution >= 4 is 39.7 Å². The maximum Gasteiger partial charge on any atom is 0.258 e. The summed E-state index contributed by atoms with van der Waals surface area (Å²) in [6.45, 7) is 1.87. The summed E-state index contributed by atoms with van der Waals surface area (Å²) in [6, 6.07) is 14.7. The Kier molecular flexibility index (Phi) is 5.46. The summed E-state index contributed by atoms with van der Waals surface area (Å²) in [7, 11) is 0. The molecule has 0 radical (unpaired) electrons. The zero-order valence-electron chi connectivity index (χ0n) is 15.4. The van der Waals surface area contributed by atoms with Gasteiger partial charge < -0.3 is 5.32 Å². The van der Waals surface area contributed by atoms with E-state index in [4.69, 9.17) is 0 Å². The van der Waals surface area contributed by atoms with Crippen LogP contribution in [0.15, 0.2) is 69.7 Å². The van der Waals surface area contributed by atoms with Crippen LogP contribution in [0, 0.1) is 12.7 Å². The van der Waals surface area contributed by atoms with Crippen LogP contribution in [0.4, 0.5) is 10.1 Å². The average Bonchev–Trinajstić information content (AvgIpc) is 3.09. The quantitative estimate of drug-likeness (QED) is 0.469. The van der Waals surface area contributed by atoms with Gasteiger partial charge in [-0.3, -0.25) is 14.0 Å². The van der Waals surface area contributed by atoms with Gasteiger partial charge in [-0.1, -0.05) is 24.3 Å². The lowest BCUT2D eigenvalue weighted by Gasteiger charge is -2.11. The Morgan fingerprint density at radius 1 is 1.21 bits per heavy atom. The second kappa shape index (κ2) is 8.18. The van der Waals surface area contributed by atoms with Crippen LogP contribution in [-0.4, -0.2) is 15.3 Å². The molecule has 4 rings (SSSR count). The predicted octanol–water partition coefficient (Wildman–Crippen LogP) is 4.75. The van der Waals surface area contributed by atoms with Gasteiger partial charge in [-0.15, -0.1) is 23.1 Å². The molecule has 146 valence electrons. The fourth-order valence-electron chi connectivity index (χ4n) is 2.86. The third-order valence-electron chi connectivity index (χ3n) is 4.26. The zero-order chi connectivity index (χ0) is 20.4. The van der Waals surface area contributed by atoms with E-state index in [1.807, 2.05) is 24.4 Å². The van der Waals surface area contributed by atoms with Crippen molar-refractivity contribution in [3.63, 3.8) is 0 Å². The van der Waals surface area contributed by atoms with Gasteiger partial charge in [0.05, 0.1) is 16.9 Å². The van der Waals surface area contributed by atoms with Crippen LogP contribution in [0.25, 0.3) is 4.96 Å². The van der Waals surface area contributed by atoms with Crippen molar-refractivity contribution in [1.29, 1.82) is 0 Å². The molecule has 0 unspecified atom stereocenters. The molecule has 2 heterocycles. The topological polar surface area (TPSA) is 63.5 Å². The first-order valence-corrected chi connectivity index (χ1v) is 10.6. The first-order chi connectivity index (χ1) is 14.0. The van der Waals surface area contributed by atoms with E-state index in [0.29, 0.717) is 22.1 Å². The minimum Gasteiger partial charge on any atom is -0.321 e. The van der Waals surface area contributed by atoms with Crippen LogP contribution in [0.2, 0.25) is 0 Å². The van der Waals surface area contributed by atoms with Crippen molar-refractivity contribution in [2.45, 2.75) is 17.6 Å². The van der Waals surface area contributed by atoms with E-state index >= 15 is 0 Å². The van der Waals surface area contributed by atoms with Crippen molar-refractivity contribution in [3.8, 4) is 0 Å². The lowest BCUT2D eigenvalue weighted by molar-refractivity contribution is 0.102. The summed E-state index contributed by atoms with van der Waals surface area (Å²) >= 11 is 2.88. The molecule has 0 saturated heterocycles. The molecule has 29 heavy (non-hydrogen) atoms. The van der Waals surface area contributed by atoms with Gasteiger partial charge in [0.1, 0.15) is 5.82 Å². The minimum atomic E-state index is -0.570. The number of carbonyl (C=O) groups excluding carboxylic acids is 1. The summed E-state index contributed by atoms with van der Waals surface area (Å²) in [4.78, 5) is 30.8. The number of aromatic nitrogens is 2. The highest BCUT2D eigenvalue weighted by molar-refractivity contribution is 7.98. The Bertz CT molecular complexity index is 1270. The Labute approximate surface area is 174 Å². The fraction of sp³-hybridized carbons (Fsp3) is 0.0952. The fourth-order valence-corrected chi connectivity index (χ4v) is 4.65. The second-order valence-electron chi connectivity index (χ2n) is 6.30. The number of para-hydroxylation sites is 1. The van der Waals surface area contributed by atoms with Crippen molar-refractivity contribution in [1.82, 2.24) is 9.38 Å². The van der Waals surface area contributed by atoms with Gasteiger partial charge in [0, 0.05) is 27.8 Å². The molecule has 0 atom stereocenters. The number of benzene rings is 2. The van der Waals surface area contributed by atoms with E-state index in [-0.39, 0.29) is 11.1 Å². The maximum absolute atomic E-state index is 13.9. The standard InChI is InChI=1S/C21H16FN3O2S2/c1-13-11-29-21-23-14(10-19(26)25(13)21)12-28-18-9-5-4-8-17(18)24-20(27)15-6-2-3-7-16(15)22/h2-11H,12H2,1H3,(H,24,27). The van der Waals surface area contributed by atoms with Gasteiger partial charge in [-0.25, -0.2) is 9.37 Å². The molecule has 0 spiro atoms. The van der Waals surface area contributed by atoms with Gasteiger partial charge >= 0.3 is 0 Å². The lowest BCUT2D eigenvalue weighted by atomic mass is 10.2. The lowest BCUT2D eigenvalue weighted by Crippen LogP contribution is -2.15. The van der Waals surface area contributed by atoms with Crippen molar-refractivity contribution in [2.24, 2.45) is 0 Å². The van der Waals surface area contributed by atoms with E-state index in [0.717, 1.165) is 10.6 Å². The van der Waals surface area contributed by atoms with Crippen LogP contribution in [0.1, 0.15) is 21.7 Å². The smallest absolute Gasteiger partial charge is 0.258 e. The summed E-state index contributed by atoms with van der Waals surface area (Å²) in [5.41, 5.74) is 1.99. The number of rotatable bonds is 5. The van der Waals surface area contributed by atoms with E-state index in [1.165, 1.54) is 47.4 Å². The summed E-state index contributed by atoms with van der Waals surface area (Å²) < 4.78 is 15.5. The number of nitrogens with one attached hydrogen (secondary N) is 1. The highest BCUT2D eigenvalue weighted by Crippen LogP contribution is 2.30. The van der Waals surface area contributed by atoms with E-state index < -0.39 is 11.7 Å². The van der Waals surface area contributed by atoms with Crippen LogP contribution < -0.4 is 10.9 Å². The normalized spacial score (nSPS) is 11.0. The third kappa shape index (κ3) is 4.08. The number of hydrogen-bond donors (Lipinski definition) is 1. The number of thioether (sulfide) groups is 1. The Balaban J connectivity index is 1.54. The zero-order valence-corrected chi connectivity index (χ0v) is 17.0. The Morgan fingerprint density at radius 3 is 2.79 bits per heavy atom. The van der Waals surface area contributed by atoms with Gasteiger partial charge in [0.2, 0.25) is 0 Å². The highest BCUT2D eigenvalue weighted by Gasteiger charge is 2.14. The maximum atomic E-state index is 13.9. The molecule has 2 aromatic carbocycles. The molecule has 1 amide bonds. The summed E-state index contributed by atoms with van der Waals surface area (Å²) in [6.07, 6.45) is 0. The molecule has 2 aromatic heterocycles. The van der Waals surface area contributed by atoms with E-state index in [1.54, 1.807) is 22.6 Å². The molecule has 5 nitrogen and oxygen atoms in total. The minimum absolute atomic E-state index is 0.0134. The number of anilines is 1. The largest absolute Gasteiger partial charge is 0.321 e. The van der Waals surface area contributed by atoms with Gasteiger partial charge in [-0.05, 0) is 31.2 Å². The van der Waals surface area contributed by atoms with Gasteiger partial charge in [-0.2, -0.15) is 0 Å². The monoisotopic (exact) mass is 425 g/mol. The van der Waals surface area contributed by atoms with E-state index in [2.05, 4.69) is 10.3 Å². The number of fused-ring (bicyclic) bond motifs is 1. The molecule has 8 heteroatoms. The number of halogens is 1. The average molecular weight is 426 g/mol. The SMILES string of the molecule is Cc1csc2nc(CSc3ccccc3NC(=O)c3ccccc3F)cc(=O)n12. The molecule has 4 aromatic rings. The Morgan fingerprint density at radius 2 is 1.97 bits per heavy atom. The molecule has 0 fully saturated rings. The number of nitrogens with zero attached hydrogens (tertiary/aromatic N) is 2. The van der Waals surface area contributed by atoms with Crippen molar-refractivity contribution < 1.29 is 9.18 Å².